The lowest BCUT2D eigenvalue weighted by atomic mass is 9.85. The fourth-order valence-electron chi connectivity index (χ4n) is 3.97. The van der Waals surface area contributed by atoms with Gasteiger partial charge in [-0.1, -0.05) is 53.8 Å². The van der Waals surface area contributed by atoms with E-state index in [0.29, 0.717) is 19.4 Å². The summed E-state index contributed by atoms with van der Waals surface area (Å²) in [5.74, 6) is -0.318. The van der Waals surface area contributed by atoms with Crippen LogP contribution in [0.15, 0.2) is 61.2 Å². The van der Waals surface area contributed by atoms with E-state index in [-0.39, 0.29) is 18.0 Å². The minimum Gasteiger partial charge on any atom is -0.437 e. The van der Waals surface area contributed by atoms with Crippen LogP contribution in [0.2, 0.25) is 0 Å². The molecule has 7 heteroatoms. The summed E-state index contributed by atoms with van der Waals surface area (Å²) < 4.78 is 19.4. The Bertz CT molecular complexity index is 1080. The van der Waals surface area contributed by atoms with Gasteiger partial charge < -0.3 is 9.64 Å². The van der Waals surface area contributed by atoms with Gasteiger partial charge in [0.05, 0.1) is 6.04 Å². The van der Waals surface area contributed by atoms with Crippen molar-refractivity contribution in [3.8, 4) is 10.6 Å². The van der Waals surface area contributed by atoms with E-state index in [1.54, 1.807) is 34.4 Å². The molecule has 2 aromatic carbocycles. The Morgan fingerprint density at radius 3 is 2.52 bits per heavy atom. The molecule has 0 aliphatic carbocycles. The molecule has 5 nitrogen and oxygen atoms in total. The van der Waals surface area contributed by atoms with Crippen molar-refractivity contribution in [2.24, 2.45) is 0 Å². The van der Waals surface area contributed by atoms with Crippen LogP contribution in [0.1, 0.15) is 41.9 Å². The van der Waals surface area contributed by atoms with E-state index in [2.05, 4.69) is 16.8 Å². The highest BCUT2D eigenvalue weighted by Crippen LogP contribution is 2.40. The molecule has 2 heterocycles. The van der Waals surface area contributed by atoms with Gasteiger partial charge in [0.2, 0.25) is 0 Å². The molecule has 0 bridgehead atoms. The molecule has 0 spiro atoms. The maximum Gasteiger partial charge on any atom is 0.411 e. The summed E-state index contributed by atoms with van der Waals surface area (Å²) in [7, 11) is 0. The van der Waals surface area contributed by atoms with Crippen molar-refractivity contribution >= 4 is 17.4 Å². The molecule has 1 amide bonds. The summed E-state index contributed by atoms with van der Waals surface area (Å²) in [6.45, 7) is 8.27. The maximum atomic E-state index is 13.4. The van der Waals surface area contributed by atoms with E-state index in [0.717, 1.165) is 26.7 Å². The van der Waals surface area contributed by atoms with Crippen LogP contribution in [0, 0.1) is 12.7 Å². The number of benzene rings is 2. The Kier molecular flexibility index (Phi) is 5.87. The standard InChI is InChI=1S/C24H24FN3O2S/c1-4-13-24(20-9-11-21(25)12-10-20)14-15-28(23(29)30-24)16(2)18-5-7-19(8-6-18)22-27-26-17(3)31-22/h4-12,16H,1,13-15H2,2-3H3/t16-,24+/m0/s1. The van der Waals surface area contributed by atoms with Crippen LogP contribution in [-0.4, -0.2) is 27.7 Å². The number of ether oxygens (including phenoxy) is 1. The molecule has 0 N–H and O–H groups in total. The lowest BCUT2D eigenvalue weighted by molar-refractivity contribution is -0.0588. The molecule has 1 aromatic heterocycles. The van der Waals surface area contributed by atoms with Crippen molar-refractivity contribution in [1.82, 2.24) is 15.1 Å². The Labute approximate surface area is 185 Å². The highest BCUT2D eigenvalue weighted by molar-refractivity contribution is 7.14. The zero-order chi connectivity index (χ0) is 22.0. The Hall–Kier alpha value is -3.06. The zero-order valence-electron chi connectivity index (χ0n) is 17.5. The van der Waals surface area contributed by atoms with Crippen molar-refractivity contribution in [2.75, 3.05) is 6.54 Å². The van der Waals surface area contributed by atoms with E-state index < -0.39 is 5.60 Å². The third-order valence-electron chi connectivity index (χ3n) is 5.75. The summed E-state index contributed by atoms with van der Waals surface area (Å²) in [6, 6.07) is 14.0. The summed E-state index contributed by atoms with van der Waals surface area (Å²) >= 11 is 1.55. The third-order valence-corrected chi connectivity index (χ3v) is 6.64. The first-order valence-corrected chi connectivity index (χ1v) is 11.0. The number of aromatic nitrogens is 2. The van der Waals surface area contributed by atoms with Gasteiger partial charge in [-0.25, -0.2) is 9.18 Å². The van der Waals surface area contributed by atoms with Gasteiger partial charge in [0.25, 0.3) is 0 Å². The molecule has 0 saturated carbocycles. The predicted octanol–water partition coefficient (Wildman–Crippen LogP) is 6.03. The third kappa shape index (κ3) is 4.23. The van der Waals surface area contributed by atoms with E-state index in [9.17, 15) is 9.18 Å². The smallest absolute Gasteiger partial charge is 0.411 e. The molecule has 0 unspecified atom stereocenters. The highest BCUT2D eigenvalue weighted by Gasteiger charge is 2.42. The van der Waals surface area contributed by atoms with Crippen LogP contribution in [0.4, 0.5) is 9.18 Å². The van der Waals surface area contributed by atoms with Gasteiger partial charge in [-0.15, -0.1) is 16.8 Å². The van der Waals surface area contributed by atoms with E-state index in [4.69, 9.17) is 4.74 Å². The Morgan fingerprint density at radius 1 is 1.23 bits per heavy atom. The normalized spacial score (nSPS) is 19.7. The van der Waals surface area contributed by atoms with Gasteiger partial charge in [0.1, 0.15) is 21.4 Å². The van der Waals surface area contributed by atoms with Crippen molar-refractivity contribution in [1.29, 1.82) is 0 Å². The molecule has 1 aliphatic rings. The minimum absolute atomic E-state index is 0.146. The first-order valence-electron chi connectivity index (χ1n) is 10.2. The van der Waals surface area contributed by atoms with Crippen molar-refractivity contribution in [2.45, 2.75) is 38.3 Å². The number of nitrogens with zero attached hydrogens (tertiary/aromatic N) is 3. The number of rotatable bonds is 6. The lowest BCUT2D eigenvalue weighted by Crippen LogP contribution is -2.48. The average molecular weight is 438 g/mol. The summed E-state index contributed by atoms with van der Waals surface area (Å²) in [5.41, 5.74) is 1.98. The second kappa shape index (κ2) is 8.59. The molecular weight excluding hydrogens is 413 g/mol. The number of carbonyl (C=O) groups excluding carboxylic acids is 1. The second-order valence-corrected chi connectivity index (χ2v) is 8.91. The van der Waals surface area contributed by atoms with Gasteiger partial charge in [-0.2, -0.15) is 0 Å². The van der Waals surface area contributed by atoms with Crippen molar-refractivity contribution in [3.63, 3.8) is 0 Å². The average Bonchev–Trinajstić information content (AvgIpc) is 3.20. The number of amides is 1. The summed E-state index contributed by atoms with van der Waals surface area (Å²) in [6.07, 6.45) is 2.43. The molecule has 1 aliphatic heterocycles. The first kappa shape index (κ1) is 21.2. The van der Waals surface area contributed by atoms with Crippen LogP contribution < -0.4 is 0 Å². The van der Waals surface area contributed by atoms with Gasteiger partial charge in [-0.05, 0) is 37.1 Å². The summed E-state index contributed by atoms with van der Waals surface area (Å²) in [4.78, 5) is 14.7. The molecule has 2 atom stereocenters. The minimum atomic E-state index is -0.817. The van der Waals surface area contributed by atoms with Crippen molar-refractivity contribution < 1.29 is 13.9 Å². The molecular formula is C24H24FN3O2S. The van der Waals surface area contributed by atoms with Gasteiger partial charge in [0.15, 0.2) is 0 Å². The number of halogens is 1. The van der Waals surface area contributed by atoms with Crippen LogP contribution >= 0.6 is 11.3 Å². The van der Waals surface area contributed by atoms with E-state index in [1.807, 2.05) is 38.1 Å². The molecule has 1 fully saturated rings. The van der Waals surface area contributed by atoms with Gasteiger partial charge in [-0.3, -0.25) is 0 Å². The number of carbonyl (C=O) groups is 1. The molecule has 3 aromatic rings. The topological polar surface area (TPSA) is 55.3 Å². The highest BCUT2D eigenvalue weighted by atomic mass is 32.1. The molecule has 0 radical (unpaired) electrons. The Morgan fingerprint density at radius 2 is 1.94 bits per heavy atom. The molecule has 4 rings (SSSR count). The van der Waals surface area contributed by atoms with Crippen LogP contribution in [0.5, 0.6) is 0 Å². The number of hydrogen-bond donors (Lipinski definition) is 0. The molecule has 1 saturated heterocycles. The monoisotopic (exact) mass is 437 g/mol. The van der Waals surface area contributed by atoms with Crippen LogP contribution in [0.25, 0.3) is 10.6 Å². The molecule has 160 valence electrons. The maximum absolute atomic E-state index is 13.4. The van der Waals surface area contributed by atoms with Crippen molar-refractivity contribution in [3.05, 3.63) is 83.1 Å². The lowest BCUT2D eigenvalue weighted by Gasteiger charge is -2.43. The summed E-state index contributed by atoms with van der Waals surface area (Å²) in [5, 5.41) is 10.0. The number of cyclic esters (lactones) is 1. The zero-order valence-corrected chi connectivity index (χ0v) is 18.4. The quantitative estimate of drug-likeness (QED) is 0.442. The number of aryl methyl sites for hydroxylation is 1. The molecule has 31 heavy (non-hydrogen) atoms. The number of hydrogen-bond acceptors (Lipinski definition) is 5. The van der Waals surface area contributed by atoms with Gasteiger partial charge >= 0.3 is 6.09 Å². The fraction of sp³-hybridized carbons (Fsp3) is 0.292. The first-order chi connectivity index (χ1) is 14.9. The van der Waals surface area contributed by atoms with E-state index in [1.165, 1.54) is 12.1 Å². The second-order valence-electron chi connectivity index (χ2n) is 7.73. The van der Waals surface area contributed by atoms with Crippen LogP contribution in [0.3, 0.4) is 0 Å². The van der Waals surface area contributed by atoms with Gasteiger partial charge in [0, 0.05) is 24.9 Å². The van der Waals surface area contributed by atoms with E-state index >= 15 is 0 Å². The Balaban J connectivity index is 1.51. The predicted molar refractivity (Wildman–Crippen MR) is 119 cm³/mol. The SMILES string of the molecule is C=CC[C@]1(c2ccc(F)cc2)CCN([C@@H](C)c2ccc(-c3nnc(C)s3)cc2)C(=O)O1. The van der Waals surface area contributed by atoms with Crippen LogP contribution in [-0.2, 0) is 10.3 Å². The fourth-order valence-corrected chi connectivity index (χ4v) is 4.67. The largest absolute Gasteiger partial charge is 0.437 e.